The fraction of sp³-hybridized carbons (Fsp3) is 0.529. The fourth-order valence-electron chi connectivity index (χ4n) is 3.35. The van der Waals surface area contributed by atoms with Crippen LogP contribution >= 0.6 is 0 Å². The van der Waals surface area contributed by atoms with Gasteiger partial charge in [0, 0.05) is 25.3 Å². The van der Waals surface area contributed by atoms with E-state index in [1.54, 1.807) is 4.90 Å². The molecule has 2 unspecified atom stereocenters. The summed E-state index contributed by atoms with van der Waals surface area (Å²) in [6, 6.07) is 7.79. The number of β-amino-alcohol motifs (C(OH)–C–C–N with tert-alkyl or cyclic N) is 1. The third-order valence-corrected chi connectivity index (χ3v) is 4.66. The van der Waals surface area contributed by atoms with Crippen molar-refractivity contribution in [1.29, 1.82) is 0 Å². The Bertz CT molecular complexity index is 587. The van der Waals surface area contributed by atoms with Crippen molar-refractivity contribution in [1.82, 2.24) is 4.90 Å². The summed E-state index contributed by atoms with van der Waals surface area (Å²) < 4.78 is 0. The van der Waals surface area contributed by atoms with Crippen LogP contribution in [-0.4, -0.2) is 47.6 Å². The maximum atomic E-state index is 12.6. The summed E-state index contributed by atoms with van der Waals surface area (Å²) in [7, 11) is 0. The zero-order valence-electron chi connectivity index (χ0n) is 12.9. The lowest BCUT2D eigenvalue weighted by atomic mass is 9.91. The number of hydrogen-bond donors (Lipinski definition) is 1. The molecule has 1 aromatic rings. The number of likely N-dealkylation sites (tertiary alicyclic amines) is 1. The molecular weight excluding hydrogens is 280 g/mol. The number of aliphatic hydroxyl groups is 1. The molecule has 0 aliphatic carbocycles. The Hall–Kier alpha value is -1.88. The minimum atomic E-state index is -0.515. The highest BCUT2D eigenvalue weighted by atomic mass is 16.3. The molecular formula is C17H22N2O3. The average molecular weight is 302 g/mol. The molecule has 0 saturated carbocycles. The second-order valence-electron chi connectivity index (χ2n) is 6.25. The highest BCUT2D eigenvalue weighted by molar-refractivity contribution is 6.40. The van der Waals surface area contributed by atoms with Crippen LogP contribution in [0.4, 0.5) is 5.69 Å². The molecule has 0 radical (unpaired) electrons. The summed E-state index contributed by atoms with van der Waals surface area (Å²) in [4.78, 5) is 28.2. The minimum absolute atomic E-state index is 0.260. The van der Waals surface area contributed by atoms with Gasteiger partial charge in [-0.1, -0.05) is 25.1 Å². The topological polar surface area (TPSA) is 60.9 Å². The van der Waals surface area contributed by atoms with Gasteiger partial charge in [0.2, 0.25) is 0 Å². The monoisotopic (exact) mass is 302 g/mol. The number of fused-ring (bicyclic) bond motifs is 1. The second-order valence-corrected chi connectivity index (χ2v) is 6.25. The summed E-state index contributed by atoms with van der Waals surface area (Å²) in [5.74, 6) is -0.580. The normalized spacial score (nSPS) is 24.8. The Morgan fingerprint density at radius 2 is 1.91 bits per heavy atom. The molecule has 2 amide bonds. The minimum Gasteiger partial charge on any atom is -0.391 e. The van der Waals surface area contributed by atoms with Gasteiger partial charge in [0.1, 0.15) is 0 Å². The molecule has 22 heavy (non-hydrogen) atoms. The van der Waals surface area contributed by atoms with Gasteiger partial charge in [-0.05, 0) is 36.8 Å². The number of anilines is 1. The van der Waals surface area contributed by atoms with Crippen LogP contribution in [0.25, 0.3) is 0 Å². The zero-order chi connectivity index (χ0) is 15.7. The molecule has 5 nitrogen and oxygen atoms in total. The van der Waals surface area contributed by atoms with Gasteiger partial charge in [0.15, 0.2) is 0 Å². The number of carbonyl (C=O) groups excluding carboxylic acids is 2. The van der Waals surface area contributed by atoms with Crippen LogP contribution in [0.1, 0.15) is 37.7 Å². The largest absolute Gasteiger partial charge is 0.391 e. The van der Waals surface area contributed by atoms with Crippen molar-refractivity contribution < 1.29 is 14.7 Å². The van der Waals surface area contributed by atoms with Gasteiger partial charge in [0.05, 0.1) is 6.10 Å². The van der Waals surface area contributed by atoms with Crippen LogP contribution in [0.5, 0.6) is 0 Å². The van der Waals surface area contributed by atoms with Crippen molar-refractivity contribution >= 4 is 17.5 Å². The van der Waals surface area contributed by atoms with Crippen LogP contribution in [0.15, 0.2) is 24.3 Å². The summed E-state index contributed by atoms with van der Waals surface area (Å²) in [6.45, 7) is 3.52. The third kappa shape index (κ3) is 2.73. The quantitative estimate of drug-likeness (QED) is 0.739. The summed E-state index contributed by atoms with van der Waals surface area (Å²) >= 11 is 0. The Kier molecular flexibility index (Phi) is 4.16. The van der Waals surface area contributed by atoms with Crippen molar-refractivity contribution in [3.63, 3.8) is 0 Å². The van der Waals surface area contributed by atoms with E-state index in [2.05, 4.69) is 6.92 Å². The van der Waals surface area contributed by atoms with E-state index in [9.17, 15) is 14.7 Å². The standard InChI is InChI=1S/C17H22N2O3/c1-12-8-10-19(15-7-3-2-6-14(12)15)17(22)16(21)18-9-4-5-13(20)11-18/h2-3,6-7,12-13,20H,4-5,8-11H2,1H3. The first-order chi connectivity index (χ1) is 10.6. The van der Waals surface area contributed by atoms with E-state index in [1.807, 2.05) is 24.3 Å². The molecule has 1 N–H and O–H groups in total. The van der Waals surface area contributed by atoms with Crippen molar-refractivity contribution in [2.24, 2.45) is 0 Å². The molecule has 118 valence electrons. The van der Waals surface area contributed by atoms with Gasteiger partial charge in [-0.25, -0.2) is 0 Å². The Morgan fingerprint density at radius 1 is 1.14 bits per heavy atom. The maximum absolute atomic E-state index is 12.6. The molecule has 2 atom stereocenters. The average Bonchev–Trinajstić information content (AvgIpc) is 2.54. The Balaban J connectivity index is 1.80. The van der Waals surface area contributed by atoms with E-state index in [0.717, 1.165) is 24.1 Å². The SMILES string of the molecule is CC1CCN(C(=O)C(=O)N2CCCC(O)C2)c2ccccc21. The Labute approximate surface area is 130 Å². The summed E-state index contributed by atoms with van der Waals surface area (Å²) in [6.07, 6.45) is 1.79. The number of nitrogens with zero attached hydrogens (tertiary/aromatic N) is 2. The van der Waals surface area contributed by atoms with Gasteiger partial charge in [-0.2, -0.15) is 0 Å². The van der Waals surface area contributed by atoms with Crippen molar-refractivity contribution in [2.75, 3.05) is 24.5 Å². The number of benzene rings is 1. The van der Waals surface area contributed by atoms with Gasteiger partial charge < -0.3 is 14.9 Å². The molecule has 0 bridgehead atoms. The zero-order valence-corrected chi connectivity index (χ0v) is 12.9. The lowest BCUT2D eigenvalue weighted by Gasteiger charge is -2.35. The molecule has 1 saturated heterocycles. The second kappa shape index (κ2) is 6.08. The van der Waals surface area contributed by atoms with Crippen molar-refractivity contribution in [3.8, 4) is 0 Å². The summed E-state index contributed by atoms with van der Waals surface area (Å²) in [5.41, 5.74) is 1.96. The predicted molar refractivity (Wildman–Crippen MR) is 83.6 cm³/mol. The molecule has 0 aromatic heterocycles. The van der Waals surface area contributed by atoms with Crippen LogP contribution < -0.4 is 4.90 Å². The lowest BCUT2D eigenvalue weighted by molar-refractivity contribution is -0.146. The van der Waals surface area contributed by atoms with Gasteiger partial charge in [0.25, 0.3) is 0 Å². The molecule has 5 heteroatoms. The number of amides is 2. The highest BCUT2D eigenvalue weighted by Crippen LogP contribution is 2.34. The van der Waals surface area contributed by atoms with E-state index in [1.165, 1.54) is 4.90 Å². The smallest absolute Gasteiger partial charge is 0.316 e. The van der Waals surface area contributed by atoms with Crippen LogP contribution in [0.3, 0.4) is 0 Å². The summed E-state index contributed by atoms with van der Waals surface area (Å²) in [5, 5.41) is 9.69. The van der Waals surface area contributed by atoms with E-state index in [0.29, 0.717) is 25.4 Å². The van der Waals surface area contributed by atoms with Crippen LogP contribution in [-0.2, 0) is 9.59 Å². The van der Waals surface area contributed by atoms with E-state index < -0.39 is 17.9 Å². The van der Waals surface area contributed by atoms with E-state index in [4.69, 9.17) is 0 Å². The van der Waals surface area contributed by atoms with E-state index in [-0.39, 0.29) is 6.54 Å². The number of rotatable bonds is 0. The van der Waals surface area contributed by atoms with Crippen molar-refractivity contribution in [2.45, 2.75) is 38.2 Å². The lowest BCUT2D eigenvalue weighted by Crippen LogP contribution is -2.51. The van der Waals surface area contributed by atoms with Crippen LogP contribution in [0.2, 0.25) is 0 Å². The van der Waals surface area contributed by atoms with Crippen LogP contribution in [0, 0.1) is 0 Å². The molecule has 2 heterocycles. The molecule has 3 rings (SSSR count). The first-order valence-corrected chi connectivity index (χ1v) is 7.95. The first-order valence-electron chi connectivity index (χ1n) is 7.95. The number of hydrogen-bond acceptors (Lipinski definition) is 3. The van der Waals surface area contributed by atoms with Crippen molar-refractivity contribution in [3.05, 3.63) is 29.8 Å². The fourth-order valence-corrected chi connectivity index (χ4v) is 3.35. The number of carbonyl (C=O) groups is 2. The highest BCUT2D eigenvalue weighted by Gasteiger charge is 2.34. The molecule has 1 fully saturated rings. The molecule has 0 spiro atoms. The predicted octanol–water partition coefficient (Wildman–Crippen LogP) is 1.51. The van der Waals surface area contributed by atoms with Gasteiger partial charge in [-0.15, -0.1) is 0 Å². The first kappa shape index (κ1) is 15.0. The number of piperidine rings is 1. The Morgan fingerprint density at radius 3 is 2.68 bits per heavy atom. The number of para-hydroxylation sites is 1. The third-order valence-electron chi connectivity index (χ3n) is 4.66. The molecule has 1 aromatic carbocycles. The van der Waals surface area contributed by atoms with E-state index >= 15 is 0 Å². The molecule has 2 aliphatic rings. The van der Waals surface area contributed by atoms with Gasteiger partial charge >= 0.3 is 11.8 Å². The maximum Gasteiger partial charge on any atom is 0.316 e. The number of aliphatic hydroxyl groups excluding tert-OH is 1. The molecule has 2 aliphatic heterocycles. The van der Waals surface area contributed by atoms with Gasteiger partial charge in [-0.3, -0.25) is 9.59 Å².